The van der Waals surface area contributed by atoms with E-state index >= 15 is 0 Å². The first kappa shape index (κ1) is 8.26. The molecule has 1 heterocycles. The van der Waals surface area contributed by atoms with Crippen molar-refractivity contribution < 1.29 is 8.42 Å². The molecule has 0 fully saturated rings. The van der Waals surface area contributed by atoms with Gasteiger partial charge in [0, 0.05) is 25.1 Å². The Hall–Kier alpha value is -0.840. The minimum absolute atomic E-state index is 0.0703. The lowest BCUT2D eigenvalue weighted by molar-refractivity contribution is 0.601. The maximum absolute atomic E-state index is 10.8. The van der Waals surface area contributed by atoms with Crippen LogP contribution in [0.2, 0.25) is 0 Å². The molecule has 4 nitrogen and oxygen atoms in total. The minimum atomic E-state index is -2.92. The third kappa shape index (κ3) is 2.71. The van der Waals surface area contributed by atoms with Crippen molar-refractivity contribution in [2.75, 3.05) is 6.26 Å². The standard InChI is InChI=1S/C6H10N2O2S/c1-8-4-6(3-7-8)5-11(2,9)10/h3-4H,5H2,1-2H3. The Kier molecular flexibility index (Phi) is 1.99. The molecule has 1 rings (SSSR count). The monoisotopic (exact) mass is 174 g/mol. The van der Waals surface area contributed by atoms with Gasteiger partial charge in [-0.15, -0.1) is 0 Å². The van der Waals surface area contributed by atoms with Gasteiger partial charge in [0.2, 0.25) is 0 Å². The molecule has 0 saturated carbocycles. The number of aromatic nitrogens is 2. The van der Waals surface area contributed by atoms with E-state index < -0.39 is 9.84 Å². The summed E-state index contributed by atoms with van der Waals surface area (Å²) < 4.78 is 23.1. The molecular weight excluding hydrogens is 164 g/mol. The quantitative estimate of drug-likeness (QED) is 0.632. The molecule has 0 amide bonds. The van der Waals surface area contributed by atoms with Crippen molar-refractivity contribution in [3.05, 3.63) is 18.0 Å². The van der Waals surface area contributed by atoms with E-state index in [1.807, 2.05) is 0 Å². The summed E-state index contributed by atoms with van der Waals surface area (Å²) in [6, 6.07) is 0. The van der Waals surface area contributed by atoms with Gasteiger partial charge in [0.1, 0.15) is 0 Å². The van der Waals surface area contributed by atoms with Crippen LogP contribution in [0.1, 0.15) is 5.56 Å². The fraction of sp³-hybridized carbons (Fsp3) is 0.500. The van der Waals surface area contributed by atoms with Gasteiger partial charge in [-0.05, 0) is 0 Å². The molecule has 11 heavy (non-hydrogen) atoms. The Labute approximate surface area is 65.8 Å². The van der Waals surface area contributed by atoms with Crippen LogP contribution in [0.25, 0.3) is 0 Å². The number of hydrogen-bond donors (Lipinski definition) is 0. The van der Waals surface area contributed by atoms with Crippen LogP contribution in [0.3, 0.4) is 0 Å². The molecule has 5 heteroatoms. The SMILES string of the molecule is Cn1cc(CS(C)(=O)=O)cn1. The fourth-order valence-corrected chi connectivity index (χ4v) is 1.60. The summed E-state index contributed by atoms with van der Waals surface area (Å²) in [6.45, 7) is 0. The van der Waals surface area contributed by atoms with Gasteiger partial charge in [-0.3, -0.25) is 4.68 Å². The van der Waals surface area contributed by atoms with Crippen molar-refractivity contribution >= 4 is 9.84 Å². The second kappa shape index (κ2) is 2.65. The predicted octanol–water partition coefficient (Wildman–Crippen LogP) is -0.0353. The number of sulfone groups is 1. The average Bonchev–Trinajstić information content (AvgIpc) is 2.10. The van der Waals surface area contributed by atoms with Crippen molar-refractivity contribution in [2.45, 2.75) is 5.75 Å². The van der Waals surface area contributed by atoms with Crippen molar-refractivity contribution in [3.63, 3.8) is 0 Å². The minimum Gasteiger partial charge on any atom is -0.276 e. The Bertz CT molecular complexity index is 339. The van der Waals surface area contributed by atoms with Crippen LogP contribution in [0.4, 0.5) is 0 Å². The third-order valence-electron chi connectivity index (χ3n) is 1.19. The summed E-state index contributed by atoms with van der Waals surface area (Å²) in [6.07, 6.45) is 4.46. The van der Waals surface area contributed by atoms with E-state index in [0.29, 0.717) is 0 Å². The van der Waals surface area contributed by atoms with Crippen LogP contribution in [0.15, 0.2) is 12.4 Å². The van der Waals surface area contributed by atoms with E-state index in [-0.39, 0.29) is 5.75 Å². The average molecular weight is 174 g/mol. The van der Waals surface area contributed by atoms with Crippen LogP contribution in [-0.4, -0.2) is 24.5 Å². The highest BCUT2D eigenvalue weighted by molar-refractivity contribution is 7.89. The van der Waals surface area contributed by atoms with Crippen LogP contribution < -0.4 is 0 Å². The maximum Gasteiger partial charge on any atom is 0.151 e. The zero-order valence-corrected chi connectivity index (χ0v) is 7.30. The van der Waals surface area contributed by atoms with Gasteiger partial charge < -0.3 is 0 Å². The molecule has 0 unspecified atom stereocenters. The molecule has 0 radical (unpaired) electrons. The van der Waals surface area contributed by atoms with Crippen LogP contribution in [-0.2, 0) is 22.6 Å². The molecule has 1 aromatic heterocycles. The van der Waals surface area contributed by atoms with Gasteiger partial charge in [-0.1, -0.05) is 0 Å². The first-order valence-corrected chi connectivity index (χ1v) is 5.19. The Morgan fingerprint density at radius 2 is 2.27 bits per heavy atom. The van der Waals surface area contributed by atoms with E-state index in [9.17, 15) is 8.42 Å². The van der Waals surface area contributed by atoms with Crippen LogP contribution in [0.5, 0.6) is 0 Å². The Morgan fingerprint density at radius 3 is 2.64 bits per heavy atom. The summed E-state index contributed by atoms with van der Waals surface area (Å²) in [7, 11) is -1.16. The highest BCUT2D eigenvalue weighted by Gasteiger charge is 2.04. The smallest absolute Gasteiger partial charge is 0.151 e. The Balaban J connectivity index is 2.81. The highest BCUT2D eigenvalue weighted by atomic mass is 32.2. The van der Waals surface area contributed by atoms with Gasteiger partial charge in [-0.2, -0.15) is 5.10 Å². The third-order valence-corrected chi connectivity index (χ3v) is 2.04. The zero-order valence-electron chi connectivity index (χ0n) is 6.48. The molecule has 0 N–H and O–H groups in total. The number of nitrogens with zero attached hydrogens (tertiary/aromatic N) is 2. The molecule has 0 aromatic carbocycles. The molecule has 0 spiro atoms. The van der Waals surface area contributed by atoms with Gasteiger partial charge in [-0.25, -0.2) is 8.42 Å². The highest BCUT2D eigenvalue weighted by Crippen LogP contribution is 2.01. The van der Waals surface area contributed by atoms with E-state index in [4.69, 9.17) is 0 Å². The largest absolute Gasteiger partial charge is 0.276 e. The van der Waals surface area contributed by atoms with Gasteiger partial charge in [0.05, 0.1) is 11.9 Å². The summed E-state index contributed by atoms with van der Waals surface area (Å²) in [5.41, 5.74) is 0.731. The summed E-state index contributed by atoms with van der Waals surface area (Å²) in [4.78, 5) is 0. The number of aryl methyl sites for hydroxylation is 1. The lowest BCUT2D eigenvalue weighted by Gasteiger charge is -1.91. The zero-order chi connectivity index (χ0) is 8.48. The number of rotatable bonds is 2. The second-order valence-electron chi connectivity index (χ2n) is 2.59. The van der Waals surface area contributed by atoms with E-state index in [1.165, 1.54) is 6.26 Å². The number of hydrogen-bond acceptors (Lipinski definition) is 3. The molecule has 0 saturated heterocycles. The second-order valence-corrected chi connectivity index (χ2v) is 4.73. The topological polar surface area (TPSA) is 52.0 Å². The van der Waals surface area contributed by atoms with E-state index in [0.717, 1.165) is 5.56 Å². The Morgan fingerprint density at radius 1 is 1.64 bits per heavy atom. The van der Waals surface area contributed by atoms with Gasteiger partial charge >= 0.3 is 0 Å². The fourth-order valence-electron chi connectivity index (χ4n) is 0.849. The normalized spacial score (nSPS) is 11.8. The first-order valence-electron chi connectivity index (χ1n) is 3.12. The lowest BCUT2D eigenvalue weighted by atomic mass is 10.4. The van der Waals surface area contributed by atoms with Crippen molar-refractivity contribution in [3.8, 4) is 0 Å². The summed E-state index contributed by atoms with van der Waals surface area (Å²) in [5.74, 6) is 0.0703. The molecule has 0 aliphatic carbocycles. The summed E-state index contributed by atoms with van der Waals surface area (Å²) in [5, 5.41) is 3.85. The van der Waals surface area contributed by atoms with E-state index in [1.54, 1.807) is 24.1 Å². The van der Waals surface area contributed by atoms with Gasteiger partial charge in [0.15, 0.2) is 9.84 Å². The molecule has 1 aromatic rings. The van der Waals surface area contributed by atoms with Crippen molar-refractivity contribution in [2.24, 2.45) is 7.05 Å². The molecular formula is C6H10N2O2S. The molecule has 0 aliphatic heterocycles. The van der Waals surface area contributed by atoms with Crippen molar-refractivity contribution in [1.29, 1.82) is 0 Å². The molecule has 0 bridgehead atoms. The van der Waals surface area contributed by atoms with Crippen molar-refractivity contribution in [1.82, 2.24) is 9.78 Å². The predicted molar refractivity (Wildman–Crippen MR) is 41.8 cm³/mol. The van der Waals surface area contributed by atoms with E-state index in [2.05, 4.69) is 5.10 Å². The summed E-state index contributed by atoms with van der Waals surface area (Å²) >= 11 is 0. The van der Waals surface area contributed by atoms with Crippen LogP contribution >= 0.6 is 0 Å². The van der Waals surface area contributed by atoms with Gasteiger partial charge in [0.25, 0.3) is 0 Å². The molecule has 0 aliphatic rings. The van der Waals surface area contributed by atoms with Crippen LogP contribution in [0, 0.1) is 0 Å². The molecule has 62 valence electrons. The molecule has 0 atom stereocenters. The maximum atomic E-state index is 10.8. The first-order chi connectivity index (χ1) is 4.97. The lowest BCUT2D eigenvalue weighted by Crippen LogP contribution is -1.99.